The van der Waals surface area contributed by atoms with Crippen LogP contribution in [0.15, 0.2) is 18.2 Å². The Balaban J connectivity index is 2.30. The van der Waals surface area contributed by atoms with Crippen molar-refractivity contribution in [1.29, 1.82) is 0 Å². The first-order valence-electron chi connectivity index (χ1n) is 6.50. The molecule has 0 aliphatic heterocycles. The third-order valence-corrected chi connectivity index (χ3v) is 3.32. The maximum atomic E-state index is 6.26. The molecule has 2 aromatic rings. The second-order valence-corrected chi connectivity index (χ2v) is 5.15. The molecule has 0 fully saturated rings. The van der Waals surface area contributed by atoms with E-state index >= 15 is 0 Å². The van der Waals surface area contributed by atoms with Crippen molar-refractivity contribution in [3.8, 4) is 0 Å². The van der Waals surface area contributed by atoms with Gasteiger partial charge in [-0.05, 0) is 19.1 Å². The number of aryl methyl sites for hydroxylation is 1. The lowest BCUT2D eigenvalue weighted by Gasteiger charge is -2.09. The summed E-state index contributed by atoms with van der Waals surface area (Å²) >= 11 is 6.26. The zero-order chi connectivity index (χ0) is 13.1. The third kappa shape index (κ3) is 2.68. The Morgan fingerprint density at radius 2 is 2.17 bits per heavy atom. The summed E-state index contributed by atoms with van der Waals surface area (Å²) in [5.41, 5.74) is 2.05. The molecule has 3 nitrogen and oxygen atoms in total. The van der Waals surface area contributed by atoms with E-state index in [9.17, 15) is 0 Å². The van der Waals surface area contributed by atoms with Gasteiger partial charge in [-0.3, -0.25) is 0 Å². The monoisotopic (exact) mass is 265 g/mol. The van der Waals surface area contributed by atoms with E-state index in [1.54, 1.807) is 0 Å². The van der Waals surface area contributed by atoms with Crippen LogP contribution in [-0.4, -0.2) is 22.1 Å². The second-order valence-electron chi connectivity index (χ2n) is 4.74. The van der Waals surface area contributed by atoms with Gasteiger partial charge in [0.15, 0.2) is 0 Å². The predicted molar refractivity (Wildman–Crippen MR) is 77.3 cm³/mol. The fraction of sp³-hybridized carbons (Fsp3) is 0.500. The molecule has 0 aliphatic rings. The number of imidazole rings is 1. The maximum absolute atomic E-state index is 6.26. The van der Waals surface area contributed by atoms with Crippen molar-refractivity contribution in [1.82, 2.24) is 14.9 Å². The van der Waals surface area contributed by atoms with Crippen LogP contribution in [-0.2, 0) is 13.0 Å². The van der Waals surface area contributed by atoms with Gasteiger partial charge in [0.1, 0.15) is 5.82 Å². The van der Waals surface area contributed by atoms with E-state index in [4.69, 9.17) is 11.6 Å². The normalized spacial score (nSPS) is 11.6. The van der Waals surface area contributed by atoms with Crippen molar-refractivity contribution in [2.45, 2.75) is 39.8 Å². The molecule has 18 heavy (non-hydrogen) atoms. The molecule has 0 spiro atoms. The first-order chi connectivity index (χ1) is 8.63. The molecular formula is C14H20ClN3. The number of nitrogens with one attached hydrogen (secondary N) is 1. The molecule has 0 aliphatic carbocycles. The van der Waals surface area contributed by atoms with Crippen molar-refractivity contribution in [2.24, 2.45) is 0 Å². The minimum absolute atomic E-state index is 0.507. The van der Waals surface area contributed by atoms with Crippen LogP contribution >= 0.6 is 11.6 Å². The van der Waals surface area contributed by atoms with Gasteiger partial charge in [-0.25, -0.2) is 4.98 Å². The molecule has 0 bridgehead atoms. The van der Waals surface area contributed by atoms with Crippen LogP contribution in [0.1, 0.15) is 26.6 Å². The van der Waals surface area contributed by atoms with Gasteiger partial charge in [0.25, 0.3) is 0 Å². The fourth-order valence-electron chi connectivity index (χ4n) is 2.19. The van der Waals surface area contributed by atoms with Crippen LogP contribution in [0.2, 0.25) is 5.02 Å². The fourth-order valence-corrected chi connectivity index (χ4v) is 2.47. The SMILES string of the molecule is CCn1c(CCNC(C)C)nc2cccc(Cl)c21. The number of rotatable bonds is 5. The molecular weight excluding hydrogens is 246 g/mol. The quantitative estimate of drug-likeness (QED) is 0.899. The molecule has 1 aromatic carbocycles. The molecule has 4 heteroatoms. The van der Waals surface area contributed by atoms with Crippen LogP contribution < -0.4 is 5.32 Å². The number of para-hydroxylation sites is 1. The zero-order valence-electron chi connectivity index (χ0n) is 11.2. The number of hydrogen-bond donors (Lipinski definition) is 1. The first kappa shape index (κ1) is 13.4. The number of aromatic nitrogens is 2. The highest BCUT2D eigenvalue weighted by molar-refractivity contribution is 6.35. The highest BCUT2D eigenvalue weighted by atomic mass is 35.5. The molecule has 0 atom stereocenters. The smallest absolute Gasteiger partial charge is 0.111 e. The van der Waals surface area contributed by atoms with Crippen LogP contribution in [0, 0.1) is 0 Å². The molecule has 1 aromatic heterocycles. The van der Waals surface area contributed by atoms with Gasteiger partial charge in [-0.2, -0.15) is 0 Å². The predicted octanol–water partition coefficient (Wildman–Crippen LogP) is 3.25. The summed E-state index contributed by atoms with van der Waals surface area (Å²) in [6.45, 7) is 8.28. The van der Waals surface area contributed by atoms with Crippen LogP contribution in [0.3, 0.4) is 0 Å². The number of nitrogens with zero attached hydrogens (tertiary/aromatic N) is 2. The largest absolute Gasteiger partial charge is 0.327 e. The van der Waals surface area contributed by atoms with Crippen molar-refractivity contribution in [3.05, 3.63) is 29.0 Å². The highest BCUT2D eigenvalue weighted by Gasteiger charge is 2.11. The summed E-state index contributed by atoms with van der Waals surface area (Å²) in [6, 6.07) is 6.40. The van der Waals surface area contributed by atoms with Crippen molar-refractivity contribution < 1.29 is 0 Å². The van der Waals surface area contributed by atoms with Crippen molar-refractivity contribution in [3.63, 3.8) is 0 Å². The van der Waals surface area contributed by atoms with E-state index in [1.807, 2.05) is 18.2 Å². The number of fused-ring (bicyclic) bond motifs is 1. The first-order valence-corrected chi connectivity index (χ1v) is 6.88. The van der Waals surface area contributed by atoms with Crippen LogP contribution in [0.5, 0.6) is 0 Å². The van der Waals surface area contributed by atoms with Gasteiger partial charge in [0.2, 0.25) is 0 Å². The van der Waals surface area contributed by atoms with Crippen LogP contribution in [0.25, 0.3) is 11.0 Å². The molecule has 0 amide bonds. The Labute approximate surface area is 113 Å². The van der Waals surface area contributed by atoms with E-state index in [0.29, 0.717) is 6.04 Å². The van der Waals surface area contributed by atoms with E-state index in [2.05, 4.69) is 35.6 Å². The van der Waals surface area contributed by atoms with Gasteiger partial charge in [0, 0.05) is 25.6 Å². The van der Waals surface area contributed by atoms with Gasteiger partial charge >= 0.3 is 0 Å². The zero-order valence-corrected chi connectivity index (χ0v) is 12.0. The van der Waals surface area contributed by atoms with Gasteiger partial charge in [-0.15, -0.1) is 0 Å². The summed E-state index contributed by atoms with van der Waals surface area (Å²) in [5.74, 6) is 1.11. The molecule has 0 radical (unpaired) electrons. The second kappa shape index (κ2) is 5.72. The number of hydrogen-bond acceptors (Lipinski definition) is 2. The Morgan fingerprint density at radius 1 is 1.39 bits per heavy atom. The minimum atomic E-state index is 0.507. The van der Waals surface area contributed by atoms with Gasteiger partial charge < -0.3 is 9.88 Å². The van der Waals surface area contributed by atoms with E-state index in [1.165, 1.54) is 0 Å². The minimum Gasteiger partial charge on any atom is -0.327 e. The Bertz CT molecular complexity index is 531. The molecule has 1 heterocycles. The summed E-state index contributed by atoms with van der Waals surface area (Å²) in [4.78, 5) is 4.68. The van der Waals surface area contributed by atoms with E-state index in [-0.39, 0.29) is 0 Å². The van der Waals surface area contributed by atoms with E-state index in [0.717, 1.165) is 41.4 Å². The summed E-state index contributed by atoms with van der Waals surface area (Å²) in [5, 5.41) is 4.20. The molecule has 0 saturated heterocycles. The van der Waals surface area contributed by atoms with Gasteiger partial charge in [-0.1, -0.05) is 31.5 Å². The molecule has 1 N–H and O–H groups in total. The summed E-state index contributed by atoms with van der Waals surface area (Å²) < 4.78 is 2.21. The Morgan fingerprint density at radius 3 is 2.83 bits per heavy atom. The average molecular weight is 266 g/mol. The molecule has 2 rings (SSSR count). The molecule has 0 saturated carbocycles. The molecule has 98 valence electrons. The summed E-state index contributed by atoms with van der Waals surface area (Å²) in [6.07, 6.45) is 0.928. The summed E-state index contributed by atoms with van der Waals surface area (Å²) in [7, 11) is 0. The van der Waals surface area contributed by atoms with Gasteiger partial charge in [0.05, 0.1) is 16.1 Å². The van der Waals surface area contributed by atoms with E-state index < -0.39 is 0 Å². The standard InChI is InChI=1S/C14H20ClN3/c1-4-18-13(8-9-16-10(2)3)17-12-7-5-6-11(15)14(12)18/h5-7,10,16H,4,8-9H2,1-3H3. The highest BCUT2D eigenvalue weighted by Crippen LogP contribution is 2.24. The lowest BCUT2D eigenvalue weighted by atomic mass is 10.3. The number of benzene rings is 1. The lowest BCUT2D eigenvalue weighted by molar-refractivity contribution is 0.573. The maximum Gasteiger partial charge on any atom is 0.111 e. The Kier molecular flexibility index (Phi) is 4.25. The third-order valence-electron chi connectivity index (χ3n) is 3.01. The lowest BCUT2D eigenvalue weighted by Crippen LogP contribution is -2.25. The van der Waals surface area contributed by atoms with Crippen molar-refractivity contribution in [2.75, 3.05) is 6.54 Å². The van der Waals surface area contributed by atoms with Crippen molar-refractivity contribution >= 4 is 22.6 Å². The number of halogens is 1. The topological polar surface area (TPSA) is 29.9 Å². The van der Waals surface area contributed by atoms with Crippen LogP contribution in [0.4, 0.5) is 0 Å². The molecule has 0 unspecified atom stereocenters. The average Bonchev–Trinajstić information content (AvgIpc) is 2.67. The Hall–Kier alpha value is -1.06.